The lowest BCUT2D eigenvalue weighted by Crippen LogP contribution is -1.86. The quantitative estimate of drug-likeness (QED) is 0.418. The zero-order valence-corrected chi connectivity index (χ0v) is 15.5. The van der Waals surface area contributed by atoms with Crippen molar-refractivity contribution in [2.45, 2.75) is 18.4 Å². The van der Waals surface area contributed by atoms with Gasteiger partial charge in [0.25, 0.3) is 5.89 Å². The summed E-state index contributed by atoms with van der Waals surface area (Å²) in [6.45, 7) is 2.03. The minimum absolute atomic E-state index is 0.181. The van der Waals surface area contributed by atoms with Crippen molar-refractivity contribution in [1.29, 1.82) is 0 Å². The van der Waals surface area contributed by atoms with Gasteiger partial charge in [0.2, 0.25) is 5.82 Å². The zero-order valence-electron chi connectivity index (χ0n) is 14.7. The molecule has 27 heavy (non-hydrogen) atoms. The lowest BCUT2D eigenvalue weighted by molar-refractivity contribution is 0.413. The van der Waals surface area contributed by atoms with E-state index in [2.05, 4.69) is 10.1 Å². The molecule has 4 aromatic rings. The van der Waals surface area contributed by atoms with Crippen molar-refractivity contribution in [2.24, 2.45) is 0 Å². The first-order valence-corrected chi connectivity index (χ1v) is 9.65. The van der Waals surface area contributed by atoms with Gasteiger partial charge in [-0.25, -0.2) is 4.39 Å². The summed E-state index contributed by atoms with van der Waals surface area (Å²) in [4.78, 5) is 4.41. The predicted molar refractivity (Wildman–Crippen MR) is 104 cm³/mol. The highest BCUT2D eigenvalue weighted by Gasteiger charge is 2.14. The van der Waals surface area contributed by atoms with E-state index in [0.29, 0.717) is 34.5 Å². The number of thioether (sulfide) groups is 1. The third kappa shape index (κ3) is 4.11. The van der Waals surface area contributed by atoms with Gasteiger partial charge in [0.15, 0.2) is 5.76 Å². The molecule has 4 rings (SSSR count). The topological polar surface area (TPSA) is 52.1 Å². The van der Waals surface area contributed by atoms with Gasteiger partial charge in [-0.3, -0.25) is 0 Å². The summed E-state index contributed by atoms with van der Waals surface area (Å²) < 4.78 is 24.8. The van der Waals surface area contributed by atoms with Crippen LogP contribution < -0.4 is 0 Å². The van der Waals surface area contributed by atoms with Crippen molar-refractivity contribution in [3.8, 4) is 23.0 Å². The Labute approximate surface area is 160 Å². The first-order valence-electron chi connectivity index (χ1n) is 8.50. The molecule has 0 bridgehead atoms. The van der Waals surface area contributed by atoms with Crippen molar-refractivity contribution in [3.63, 3.8) is 0 Å². The highest BCUT2D eigenvalue weighted by Crippen LogP contribution is 2.27. The van der Waals surface area contributed by atoms with Gasteiger partial charge in [0.05, 0.1) is 5.75 Å². The Morgan fingerprint density at radius 2 is 1.78 bits per heavy atom. The van der Waals surface area contributed by atoms with Crippen LogP contribution in [0.25, 0.3) is 23.0 Å². The van der Waals surface area contributed by atoms with Gasteiger partial charge >= 0.3 is 0 Å². The van der Waals surface area contributed by atoms with Gasteiger partial charge in [-0.1, -0.05) is 53.2 Å². The molecule has 0 aliphatic heterocycles. The van der Waals surface area contributed by atoms with E-state index in [-0.39, 0.29) is 5.82 Å². The normalized spacial score (nSPS) is 11.0. The minimum Gasteiger partial charge on any atom is -0.455 e. The second-order valence-corrected chi connectivity index (χ2v) is 7.12. The first kappa shape index (κ1) is 17.5. The van der Waals surface area contributed by atoms with E-state index < -0.39 is 0 Å². The number of furan rings is 1. The third-order valence-corrected chi connectivity index (χ3v) is 5.07. The maximum atomic E-state index is 13.6. The minimum atomic E-state index is -0.181. The number of aromatic nitrogens is 2. The first-order chi connectivity index (χ1) is 13.2. The molecule has 6 heteroatoms. The number of rotatable bonds is 6. The molecule has 0 radical (unpaired) electrons. The van der Waals surface area contributed by atoms with Crippen LogP contribution in [0.1, 0.15) is 16.9 Å². The number of nitrogens with zero attached hydrogens (tertiary/aromatic N) is 2. The molecule has 0 amide bonds. The predicted octanol–water partition coefficient (Wildman–Crippen LogP) is 5.88. The summed E-state index contributed by atoms with van der Waals surface area (Å²) in [5.41, 5.74) is 2.75. The van der Waals surface area contributed by atoms with E-state index in [1.54, 1.807) is 23.9 Å². The van der Waals surface area contributed by atoms with E-state index in [9.17, 15) is 4.39 Å². The second-order valence-electron chi connectivity index (χ2n) is 6.14. The Bertz CT molecular complexity index is 1040. The van der Waals surface area contributed by atoms with Crippen LogP contribution in [-0.2, 0) is 11.5 Å². The van der Waals surface area contributed by atoms with Crippen LogP contribution in [0.5, 0.6) is 0 Å². The molecule has 0 saturated heterocycles. The van der Waals surface area contributed by atoms with Crippen LogP contribution in [0.2, 0.25) is 0 Å². The van der Waals surface area contributed by atoms with Crippen molar-refractivity contribution in [3.05, 3.63) is 83.4 Å². The van der Waals surface area contributed by atoms with E-state index in [0.717, 1.165) is 11.3 Å². The third-order valence-electron chi connectivity index (χ3n) is 4.07. The van der Waals surface area contributed by atoms with Gasteiger partial charge < -0.3 is 8.94 Å². The summed E-state index contributed by atoms with van der Waals surface area (Å²) in [7, 11) is 0. The molecule has 0 N–H and O–H groups in total. The van der Waals surface area contributed by atoms with E-state index >= 15 is 0 Å². The largest absolute Gasteiger partial charge is 0.455 e. The number of hydrogen-bond acceptors (Lipinski definition) is 5. The number of benzene rings is 2. The molecular weight excluding hydrogens is 363 g/mol. The fourth-order valence-electron chi connectivity index (χ4n) is 2.59. The number of halogens is 1. The summed E-state index contributed by atoms with van der Waals surface area (Å²) in [5.74, 6) is 3.21. The van der Waals surface area contributed by atoms with Crippen molar-refractivity contribution in [2.75, 3.05) is 0 Å². The van der Waals surface area contributed by atoms with Gasteiger partial charge in [0.1, 0.15) is 11.6 Å². The van der Waals surface area contributed by atoms with Crippen LogP contribution in [-0.4, -0.2) is 10.1 Å². The number of hydrogen-bond donors (Lipinski definition) is 0. The fourth-order valence-corrected chi connectivity index (χ4v) is 3.50. The molecule has 0 aliphatic carbocycles. The molecule has 0 aliphatic rings. The van der Waals surface area contributed by atoms with Gasteiger partial charge in [-0.05, 0) is 30.7 Å². The summed E-state index contributed by atoms with van der Waals surface area (Å²) in [6.07, 6.45) is 0. The van der Waals surface area contributed by atoms with Gasteiger partial charge in [-0.2, -0.15) is 4.98 Å². The maximum absolute atomic E-state index is 13.6. The molecule has 0 fully saturated rings. The molecule has 136 valence electrons. The smallest absolute Gasteiger partial charge is 0.293 e. The molecule has 4 nitrogen and oxygen atoms in total. The average Bonchev–Trinajstić information content (AvgIpc) is 3.33. The molecule has 0 atom stereocenters. The van der Waals surface area contributed by atoms with Gasteiger partial charge in [-0.15, -0.1) is 11.8 Å². The summed E-state index contributed by atoms with van der Waals surface area (Å²) in [5, 5.41) is 4.02. The highest BCUT2D eigenvalue weighted by molar-refractivity contribution is 7.97. The molecule has 0 unspecified atom stereocenters. The molecule has 2 aromatic carbocycles. The monoisotopic (exact) mass is 380 g/mol. The van der Waals surface area contributed by atoms with Crippen LogP contribution in [0.4, 0.5) is 4.39 Å². The van der Waals surface area contributed by atoms with E-state index in [4.69, 9.17) is 8.94 Å². The number of aryl methyl sites for hydroxylation is 1. The SMILES string of the molecule is Cc1ccc(-c2noc(-c3ccc(CSCc4ccccc4F)o3)n2)cc1. The summed E-state index contributed by atoms with van der Waals surface area (Å²) >= 11 is 1.59. The van der Waals surface area contributed by atoms with Crippen LogP contribution in [0.3, 0.4) is 0 Å². The van der Waals surface area contributed by atoms with Crippen LogP contribution in [0, 0.1) is 12.7 Å². The Morgan fingerprint density at radius 1 is 0.963 bits per heavy atom. The second kappa shape index (κ2) is 7.80. The summed E-state index contributed by atoms with van der Waals surface area (Å²) in [6, 6.07) is 18.4. The molecular formula is C21H17FN2O2S. The molecule has 2 heterocycles. The Hall–Kier alpha value is -2.86. The Kier molecular flexibility index (Phi) is 5.07. The average molecular weight is 380 g/mol. The standard InChI is InChI=1S/C21H17FN2O2S/c1-14-6-8-15(9-7-14)20-23-21(26-24-20)19-11-10-17(25-19)13-27-12-16-4-2-3-5-18(16)22/h2-11H,12-13H2,1H3. The van der Waals surface area contributed by atoms with Gasteiger partial charge in [0, 0.05) is 11.3 Å². The lowest BCUT2D eigenvalue weighted by atomic mass is 10.1. The molecule has 0 saturated carbocycles. The van der Waals surface area contributed by atoms with E-state index in [1.165, 1.54) is 11.6 Å². The zero-order chi connectivity index (χ0) is 18.6. The Balaban J connectivity index is 1.41. The van der Waals surface area contributed by atoms with Crippen molar-refractivity contribution < 1.29 is 13.3 Å². The van der Waals surface area contributed by atoms with Crippen molar-refractivity contribution in [1.82, 2.24) is 10.1 Å². The molecule has 2 aromatic heterocycles. The highest BCUT2D eigenvalue weighted by atomic mass is 32.2. The fraction of sp³-hybridized carbons (Fsp3) is 0.143. The Morgan fingerprint density at radius 3 is 2.59 bits per heavy atom. The molecule has 0 spiro atoms. The van der Waals surface area contributed by atoms with Crippen LogP contribution in [0.15, 0.2) is 69.6 Å². The lowest BCUT2D eigenvalue weighted by Gasteiger charge is -2.01. The van der Waals surface area contributed by atoms with E-state index in [1.807, 2.05) is 49.4 Å². The van der Waals surface area contributed by atoms with Crippen molar-refractivity contribution >= 4 is 11.8 Å². The van der Waals surface area contributed by atoms with Crippen LogP contribution >= 0.6 is 11.8 Å². The maximum Gasteiger partial charge on any atom is 0.293 e.